The zero-order chi connectivity index (χ0) is 15.5. The summed E-state index contributed by atoms with van der Waals surface area (Å²) in [4.78, 5) is 16.4. The molecule has 1 heterocycles. The summed E-state index contributed by atoms with van der Waals surface area (Å²) in [7, 11) is 0. The van der Waals surface area contributed by atoms with E-state index in [1.165, 1.54) is 0 Å². The Morgan fingerprint density at radius 2 is 2.05 bits per heavy atom. The lowest BCUT2D eigenvalue weighted by molar-refractivity contribution is -0.115. The molecule has 3 nitrogen and oxygen atoms in total. The van der Waals surface area contributed by atoms with Gasteiger partial charge in [0.2, 0.25) is 5.91 Å². The van der Waals surface area contributed by atoms with Gasteiger partial charge in [0.25, 0.3) is 0 Å². The number of benzene rings is 2. The first-order chi connectivity index (χ1) is 10.6. The monoisotopic (exact) mass is 310 g/mol. The van der Waals surface area contributed by atoms with Crippen molar-refractivity contribution in [3.63, 3.8) is 0 Å². The number of aromatic nitrogens is 1. The molecular weight excluding hydrogens is 296 g/mol. The van der Waals surface area contributed by atoms with Crippen LogP contribution in [0.5, 0.6) is 0 Å². The molecule has 0 fully saturated rings. The quantitative estimate of drug-likeness (QED) is 0.780. The van der Waals surface area contributed by atoms with Gasteiger partial charge < -0.3 is 5.32 Å². The molecule has 0 atom stereocenters. The van der Waals surface area contributed by atoms with Crippen LogP contribution in [0.3, 0.4) is 0 Å². The molecule has 3 aromatic rings. The van der Waals surface area contributed by atoms with E-state index in [2.05, 4.69) is 10.3 Å². The molecule has 0 aliphatic carbocycles. The van der Waals surface area contributed by atoms with Gasteiger partial charge in [-0.25, -0.2) is 0 Å². The second kappa shape index (κ2) is 6.16. The Bertz CT molecular complexity index is 845. The highest BCUT2D eigenvalue weighted by Gasteiger charge is 2.08. The van der Waals surface area contributed by atoms with Gasteiger partial charge in [0, 0.05) is 22.0 Å². The molecule has 110 valence electrons. The Labute approximate surface area is 133 Å². The number of rotatable bonds is 3. The number of fused-ring (bicyclic) bond motifs is 1. The molecule has 22 heavy (non-hydrogen) atoms. The maximum absolute atomic E-state index is 12.2. The van der Waals surface area contributed by atoms with Gasteiger partial charge in [-0.2, -0.15) is 0 Å². The van der Waals surface area contributed by atoms with Gasteiger partial charge in [0.05, 0.1) is 18.3 Å². The van der Waals surface area contributed by atoms with Crippen LogP contribution in [-0.2, 0) is 11.2 Å². The van der Waals surface area contributed by atoms with Crippen molar-refractivity contribution in [1.82, 2.24) is 4.98 Å². The van der Waals surface area contributed by atoms with Crippen LogP contribution in [0, 0.1) is 6.92 Å². The largest absolute Gasteiger partial charge is 0.324 e. The van der Waals surface area contributed by atoms with Gasteiger partial charge in [-0.1, -0.05) is 41.4 Å². The normalized spacial score (nSPS) is 10.6. The maximum atomic E-state index is 12.2. The van der Waals surface area contributed by atoms with Crippen molar-refractivity contribution in [2.75, 3.05) is 5.32 Å². The van der Waals surface area contributed by atoms with Gasteiger partial charge in [-0.15, -0.1) is 0 Å². The van der Waals surface area contributed by atoms with Crippen molar-refractivity contribution >= 4 is 34.0 Å². The first kappa shape index (κ1) is 14.5. The third-order valence-electron chi connectivity index (χ3n) is 3.44. The lowest BCUT2D eigenvalue weighted by atomic mass is 10.1. The molecule has 0 saturated heterocycles. The number of aryl methyl sites for hydroxylation is 1. The number of hydrogen-bond donors (Lipinski definition) is 1. The summed E-state index contributed by atoms with van der Waals surface area (Å²) in [6.07, 6.45) is 3.75. The summed E-state index contributed by atoms with van der Waals surface area (Å²) in [5.41, 5.74) is 2.76. The van der Waals surface area contributed by atoms with Gasteiger partial charge in [0.1, 0.15) is 0 Å². The minimum absolute atomic E-state index is 0.0851. The zero-order valence-corrected chi connectivity index (χ0v) is 12.9. The fourth-order valence-electron chi connectivity index (χ4n) is 2.40. The third kappa shape index (κ3) is 3.26. The van der Waals surface area contributed by atoms with E-state index < -0.39 is 0 Å². The average Bonchev–Trinajstić information content (AvgIpc) is 2.48. The molecule has 4 heteroatoms. The van der Waals surface area contributed by atoms with Gasteiger partial charge in [-0.05, 0) is 30.7 Å². The van der Waals surface area contributed by atoms with Crippen molar-refractivity contribution in [2.45, 2.75) is 13.3 Å². The topological polar surface area (TPSA) is 42.0 Å². The van der Waals surface area contributed by atoms with Gasteiger partial charge >= 0.3 is 0 Å². The van der Waals surface area contributed by atoms with Gasteiger partial charge in [0.15, 0.2) is 0 Å². The number of amides is 1. The Kier molecular flexibility index (Phi) is 4.07. The van der Waals surface area contributed by atoms with Crippen molar-refractivity contribution in [1.29, 1.82) is 0 Å². The lowest BCUT2D eigenvalue weighted by Gasteiger charge is -2.09. The molecule has 0 aliphatic rings. The Balaban J connectivity index is 1.83. The summed E-state index contributed by atoms with van der Waals surface area (Å²) in [5.74, 6) is -0.0851. The number of nitrogens with zero attached hydrogens (tertiary/aromatic N) is 1. The van der Waals surface area contributed by atoms with Crippen molar-refractivity contribution in [3.05, 3.63) is 71.0 Å². The van der Waals surface area contributed by atoms with Crippen LogP contribution in [-0.4, -0.2) is 10.9 Å². The lowest BCUT2D eigenvalue weighted by Crippen LogP contribution is -2.14. The van der Waals surface area contributed by atoms with Crippen LogP contribution >= 0.6 is 11.6 Å². The highest BCUT2D eigenvalue weighted by atomic mass is 35.5. The Hall–Kier alpha value is -2.39. The molecule has 1 aromatic heterocycles. The molecule has 0 radical (unpaired) electrons. The van der Waals surface area contributed by atoms with Crippen molar-refractivity contribution in [3.8, 4) is 0 Å². The highest BCUT2D eigenvalue weighted by molar-refractivity contribution is 6.30. The average molecular weight is 311 g/mol. The van der Waals surface area contributed by atoms with Crippen LogP contribution in [0.15, 0.2) is 54.9 Å². The third-order valence-corrected chi connectivity index (χ3v) is 3.68. The summed E-state index contributed by atoms with van der Waals surface area (Å²) in [6.45, 7) is 2.03. The van der Waals surface area contributed by atoms with Crippen molar-refractivity contribution < 1.29 is 4.79 Å². The van der Waals surface area contributed by atoms with E-state index in [9.17, 15) is 4.79 Å². The predicted molar refractivity (Wildman–Crippen MR) is 90.3 cm³/mol. The second-order valence-corrected chi connectivity index (χ2v) is 5.70. The number of pyridine rings is 1. The molecule has 0 saturated carbocycles. The van der Waals surface area contributed by atoms with Crippen LogP contribution in [0.2, 0.25) is 5.02 Å². The molecule has 1 N–H and O–H groups in total. The van der Waals surface area contributed by atoms with Gasteiger partial charge in [-0.3, -0.25) is 9.78 Å². The molecule has 3 rings (SSSR count). The fraction of sp³-hybridized carbons (Fsp3) is 0.111. The van der Waals surface area contributed by atoms with E-state index >= 15 is 0 Å². The number of anilines is 1. The molecular formula is C18H15ClN2O. The van der Waals surface area contributed by atoms with E-state index in [1.807, 2.05) is 37.3 Å². The minimum Gasteiger partial charge on any atom is -0.324 e. The summed E-state index contributed by atoms with van der Waals surface area (Å²) >= 11 is 5.94. The zero-order valence-electron chi connectivity index (χ0n) is 12.1. The van der Waals surface area contributed by atoms with E-state index in [1.54, 1.807) is 24.5 Å². The summed E-state index contributed by atoms with van der Waals surface area (Å²) in [6, 6.07) is 13.4. The number of nitrogens with one attached hydrogen (secondary N) is 1. The standard InChI is InChI=1S/C18H15ClN2O/c1-12-5-6-14-10-20-11-17(16(14)7-12)21-18(22)9-13-3-2-4-15(19)8-13/h2-8,10-11H,9H2,1H3,(H,21,22). The minimum atomic E-state index is -0.0851. The second-order valence-electron chi connectivity index (χ2n) is 5.27. The molecule has 0 aliphatic heterocycles. The van der Waals surface area contributed by atoms with Crippen molar-refractivity contribution in [2.24, 2.45) is 0 Å². The smallest absolute Gasteiger partial charge is 0.228 e. The maximum Gasteiger partial charge on any atom is 0.228 e. The fourth-order valence-corrected chi connectivity index (χ4v) is 2.62. The van der Waals surface area contributed by atoms with Crippen LogP contribution in [0.1, 0.15) is 11.1 Å². The van der Waals surface area contributed by atoms with Crippen LogP contribution in [0.25, 0.3) is 10.8 Å². The van der Waals surface area contributed by atoms with Crippen LogP contribution < -0.4 is 5.32 Å². The van der Waals surface area contributed by atoms with E-state index in [0.717, 1.165) is 27.6 Å². The Morgan fingerprint density at radius 1 is 1.18 bits per heavy atom. The number of carbonyl (C=O) groups is 1. The first-order valence-electron chi connectivity index (χ1n) is 7.00. The molecule has 0 unspecified atom stereocenters. The van der Waals surface area contributed by atoms with E-state index in [0.29, 0.717) is 5.02 Å². The number of halogens is 1. The van der Waals surface area contributed by atoms with Crippen LogP contribution in [0.4, 0.5) is 5.69 Å². The molecule has 0 spiro atoms. The predicted octanol–water partition coefficient (Wildman–Crippen LogP) is 4.38. The Morgan fingerprint density at radius 3 is 2.86 bits per heavy atom. The summed E-state index contributed by atoms with van der Waals surface area (Å²) < 4.78 is 0. The molecule has 1 amide bonds. The molecule has 2 aromatic carbocycles. The van der Waals surface area contributed by atoms with E-state index in [-0.39, 0.29) is 12.3 Å². The number of carbonyl (C=O) groups excluding carboxylic acids is 1. The SMILES string of the molecule is Cc1ccc2cncc(NC(=O)Cc3cccc(Cl)c3)c2c1. The summed E-state index contributed by atoms with van der Waals surface area (Å²) in [5, 5.41) is 5.57. The molecule has 0 bridgehead atoms. The first-order valence-corrected chi connectivity index (χ1v) is 7.38. The highest BCUT2D eigenvalue weighted by Crippen LogP contribution is 2.23. The van der Waals surface area contributed by atoms with E-state index in [4.69, 9.17) is 11.6 Å². The number of hydrogen-bond acceptors (Lipinski definition) is 2.